The van der Waals surface area contributed by atoms with Gasteiger partial charge < -0.3 is 4.90 Å². The Bertz CT molecular complexity index is 541. The second kappa shape index (κ2) is 5.22. The molecule has 4 heteroatoms. The predicted octanol–water partition coefficient (Wildman–Crippen LogP) is 4.47. The van der Waals surface area contributed by atoms with Gasteiger partial charge in [0, 0.05) is 33.1 Å². The highest BCUT2D eigenvalue weighted by Gasteiger charge is 2.19. The Morgan fingerprint density at radius 2 is 1.78 bits per heavy atom. The van der Waals surface area contributed by atoms with Gasteiger partial charge in [0.1, 0.15) is 11.6 Å². The smallest absolute Gasteiger partial charge is 0.126 e. The van der Waals surface area contributed by atoms with Crippen LogP contribution in [-0.2, 0) is 0 Å². The number of nitrogens with zero attached hydrogens (tertiary/aromatic N) is 1. The van der Waals surface area contributed by atoms with Gasteiger partial charge in [0.25, 0.3) is 0 Å². The molecule has 1 heterocycles. The summed E-state index contributed by atoms with van der Waals surface area (Å²) in [4.78, 5) is 1.94. The Labute approximate surface area is 119 Å². The lowest BCUT2D eigenvalue weighted by atomic mass is 10.1. The van der Waals surface area contributed by atoms with Crippen LogP contribution in [0.2, 0.25) is 0 Å². The van der Waals surface area contributed by atoms with Crippen LogP contribution in [0.4, 0.5) is 8.78 Å². The molecule has 0 aliphatic carbocycles. The molecule has 1 aromatic rings. The van der Waals surface area contributed by atoms with Crippen LogP contribution in [0.5, 0.6) is 0 Å². The first-order chi connectivity index (χ1) is 8.52. The van der Waals surface area contributed by atoms with E-state index in [1.54, 1.807) is 0 Å². The summed E-state index contributed by atoms with van der Waals surface area (Å²) < 4.78 is 27.5. The Kier molecular flexibility index (Phi) is 3.85. The molecule has 0 N–H and O–H groups in total. The summed E-state index contributed by atoms with van der Waals surface area (Å²) in [6, 6.07) is 3.53. The molecular weight excluding hydrogens is 347 g/mol. The Balaban J connectivity index is 2.51. The van der Waals surface area contributed by atoms with Gasteiger partial charge in [0.2, 0.25) is 0 Å². The maximum atomic E-state index is 13.3. The van der Waals surface area contributed by atoms with Crippen molar-refractivity contribution in [3.05, 3.63) is 63.4 Å². The zero-order chi connectivity index (χ0) is 13.3. The van der Waals surface area contributed by atoms with E-state index in [9.17, 15) is 8.78 Å². The van der Waals surface area contributed by atoms with Crippen molar-refractivity contribution in [3.63, 3.8) is 0 Å². The molecule has 1 aliphatic heterocycles. The number of rotatable bonds is 2. The standard InChI is InChI=1S/C14H12F2IN/c1-3-18-9(2)13(17)4-5-14(18)10-6-11(15)8-12(16)7-10/h4-8H,2-3H2,1H3. The van der Waals surface area contributed by atoms with Crippen LogP contribution < -0.4 is 0 Å². The van der Waals surface area contributed by atoms with Crippen molar-refractivity contribution in [1.29, 1.82) is 0 Å². The zero-order valence-electron chi connectivity index (χ0n) is 9.88. The second-order valence-corrected chi connectivity index (χ2v) is 5.08. The SMILES string of the molecule is C=C1C(I)=CC=C(c2cc(F)cc(F)c2)N1CC. The fraction of sp³-hybridized carbons (Fsp3) is 0.143. The lowest BCUT2D eigenvalue weighted by Gasteiger charge is -2.30. The summed E-state index contributed by atoms with van der Waals surface area (Å²) in [6.45, 7) is 6.66. The van der Waals surface area contributed by atoms with Crippen molar-refractivity contribution in [2.24, 2.45) is 0 Å². The Hall–Kier alpha value is -1.17. The average molecular weight is 359 g/mol. The number of benzene rings is 1. The van der Waals surface area contributed by atoms with Crippen molar-refractivity contribution in [2.45, 2.75) is 6.92 Å². The first-order valence-electron chi connectivity index (χ1n) is 5.53. The Morgan fingerprint density at radius 1 is 1.17 bits per heavy atom. The highest BCUT2D eigenvalue weighted by atomic mass is 127. The van der Waals surface area contributed by atoms with Gasteiger partial charge in [-0.1, -0.05) is 6.58 Å². The van der Waals surface area contributed by atoms with E-state index in [2.05, 4.69) is 29.2 Å². The molecule has 0 unspecified atom stereocenters. The summed E-state index contributed by atoms with van der Waals surface area (Å²) in [5.41, 5.74) is 2.14. The van der Waals surface area contributed by atoms with E-state index in [0.717, 1.165) is 21.0 Å². The molecule has 1 aromatic carbocycles. The van der Waals surface area contributed by atoms with E-state index in [-0.39, 0.29) is 0 Å². The molecule has 0 spiro atoms. The summed E-state index contributed by atoms with van der Waals surface area (Å²) in [6.07, 6.45) is 3.75. The molecule has 94 valence electrons. The highest BCUT2D eigenvalue weighted by Crippen LogP contribution is 2.33. The summed E-state index contributed by atoms with van der Waals surface area (Å²) >= 11 is 2.19. The average Bonchev–Trinajstić information content (AvgIpc) is 2.31. The van der Waals surface area contributed by atoms with E-state index in [1.165, 1.54) is 12.1 Å². The third-order valence-electron chi connectivity index (χ3n) is 2.75. The normalized spacial score (nSPS) is 15.6. The fourth-order valence-corrected chi connectivity index (χ4v) is 2.40. The van der Waals surface area contributed by atoms with Gasteiger partial charge in [-0.05, 0) is 53.8 Å². The molecule has 0 saturated carbocycles. The van der Waals surface area contributed by atoms with Gasteiger partial charge >= 0.3 is 0 Å². The third-order valence-corrected chi connectivity index (χ3v) is 3.74. The molecule has 0 saturated heterocycles. The first kappa shape index (κ1) is 13.3. The molecule has 0 bridgehead atoms. The van der Waals surface area contributed by atoms with Crippen LogP contribution in [0.15, 0.2) is 46.2 Å². The second-order valence-electron chi connectivity index (χ2n) is 3.92. The first-order valence-corrected chi connectivity index (χ1v) is 6.61. The van der Waals surface area contributed by atoms with Crippen LogP contribution in [-0.4, -0.2) is 11.4 Å². The fourth-order valence-electron chi connectivity index (χ4n) is 1.93. The Morgan fingerprint density at radius 3 is 2.33 bits per heavy atom. The van der Waals surface area contributed by atoms with Crippen molar-refractivity contribution in [2.75, 3.05) is 6.54 Å². The van der Waals surface area contributed by atoms with Crippen LogP contribution in [0.25, 0.3) is 5.70 Å². The molecule has 0 radical (unpaired) electrons. The molecule has 0 amide bonds. The molecular formula is C14H12F2IN. The van der Waals surface area contributed by atoms with Gasteiger partial charge in [0.05, 0.1) is 0 Å². The van der Waals surface area contributed by atoms with E-state index in [0.29, 0.717) is 12.1 Å². The van der Waals surface area contributed by atoms with E-state index < -0.39 is 11.6 Å². The van der Waals surface area contributed by atoms with Crippen LogP contribution in [0, 0.1) is 11.6 Å². The third kappa shape index (κ3) is 2.48. The quantitative estimate of drug-likeness (QED) is 0.705. The molecule has 1 nitrogen and oxygen atoms in total. The van der Waals surface area contributed by atoms with E-state index in [4.69, 9.17) is 0 Å². The monoisotopic (exact) mass is 359 g/mol. The predicted molar refractivity (Wildman–Crippen MR) is 78.0 cm³/mol. The highest BCUT2D eigenvalue weighted by molar-refractivity contribution is 14.1. The maximum Gasteiger partial charge on any atom is 0.126 e. The van der Waals surface area contributed by atoms with E-state index in [1.807, 2.05) is 24.0 Å². The molecule has 0 aromatic heterocycles. The van der Waals surface area contributed by atoms with Gasteiger partial charge in [-0.25, -0.2) is 8.78 Å². The van der Waals surface area contributed by atoms with Crippen LogP contribution in [0.3, 0.4) is 0 Å². The minimum atomic E-state index is -0.572. The summed E-state index contributed by atoms with van der Waals surface area (Å²) in [5.74, 6) is -1.14. The van der Waals surface area contributed by atoms with Gasteiger partial charge in [0.15, 0.2) is 0 Å². The molecule has 0 atom stereocenters. The van der Waals surface area contributed by atoms with Crippen molar-refractivity contribution < 1.29 is 8.78 Å². The molecule has 2 rings (SSSR count). The largest absolute Gasteiger partial charge is 0.341 e. The van der Waals surface area contributed by atoms with Gasteiger partial charge in [-0.15, -0.1) is 0 Å². The summed E-state index contributed by atoms with van der Waals surface area (Å²) in [5, 5.41) is 0. The lowest BCUT2D eigenvalue weighted by Crippen LogP contribution is -2.22. The van der Waals surface area contributed by atoms with Crippen molar-refractivity contribution in [1.82, 2.24) is 4.90 Å². The van der Waals surface area contributed by atoms with Gasteiger partial charge in [-0.3, -0.25) is 0 Å². The maximum absolute atomic E-state index is 13.3. The van der Waals surface area contributed by atoms with Crippen LogP contribution in [0.1, 0.15) is 12.5 Å². The molecule has 18 heavy (non-hydrogen) atoms. The topological polar surface area (TPSA) is 3.24 Å². The number of hydrogen-bond acceptors (Lipinski definition) is 1. The number of likely N-dealkylation sites (N-methyl/N-ethyl adjacent to an activating group) is 1. The van der Waals surface area contributed by atoms with Gasteiger partial charge in [-0.2, -0.15) is 0 Å². The van der Waals surface area contributed by atoms with Crippen LogP contribution >= 0.6 is 22.6 Å². The van der Waals surface area contributed by atoms with E-state index >= 15 is 0 Å². The zero-order valence-corrected chi connectivity index (χ0v) is 12.0. The minimum Gasteiger partial charge on any atom is -0.341 e. The number of halogens is 3. The molecule has 1 aliphatic rings. The van der Waals surface area contributed by atoms with Crippen molar-refractivity contribution in [3.8, 4) is 0 Å². The number of hydrogen-bond donors (Lipinski definition) is 0. The lowest BCUT2D eigenvalue weighted by molar-refractivity contribution is 0.526. The summed E-state index contributed by atoms with van der Waals surface area (Å²) in [7, 11) is 0. The van der Waals surface area contributed by atoms with Crippen molar-refractivity contribution >= 4 is 28.3 Å². The molecule has 0 fully saturated rings. The minimum absolute atomic E-state index is 0.524. The number of allylic oxidation sites excluding steroid dienone is 3.